The summed E-state index contributed by atoms with van der Waals surface area (Å²) in [5.74, 6) is -0.106. The number of carbonyl (C=O) groups excluding carboxylic acids is 1. The number of anilines is 1. The van der Waals surface area contributed by atoms with Crippen molar-refractivity contribution in [3.05, 3.63) is 70.6 Å². The number of carbonyl (C=O) groups is 1. The first-order valence-electron chi connectivity index (χ1n) is 9.83. The quantitative estimate of drug-likeness (QED) is 0.679. The third kappa shape index (κ3) is 3.87. The van der Waals surface area contributed by atoms with E-state index >= 15 is 0 Å². The van der Waals surface area contributed by atoms with Crippen LogP contribution in [0.4, 0.5) is 11.4 Å². The summed E-state index contributed by atoms with van der Waals surface area (Å²) in [5, 5.41) is 3.47. The highest BCUT2D eigenvalue weighted by Crippen LogP contribution is 2.39. The highest BCUT2D eigenvalue weighted by molar-refractivity contribution is 8.18. The van der Waals surface area contributed by atoms with Crippen LogP contribution < -0.4 is 10.2 Å². The molecular weight excluding hydrogens is 378 g/mol. The van der Waals surface area contributed by atoms with Gasteiger partial charge in [0.05, 0.1) is 16.1 Å². The Hall–Kier alpha value is -2.79. The summed E-state index contributed by atoms with van der Waals surface area (Å²) in [4.78, 5) is 20.0. The molecule has 4 nitrogen and oxygen atoms in total. The maximum Gasteiger partial charge on any atom is 0.264 e. The topological polar surface area (TPSA) is 44.7 Å². The van der Waals surface area contributed by atoms with E-state index in [-0.39, 0.29) is 11.4 Å². The van der Waals surface area contributed by atoms with E-state index in [1.807, 2.05) is 36.4 Å². The number of likely N-dealkylation sites (N-methyl/N-ethyl adjacent to an activating group) is 1. The Morgan fingerprint density at radius 1 is 1.17 bits per heavy atom. The molecule has 29 heavy (non-hydrogen) atoms. The minimum atomic E-state index is -0.106. The van der Waals surface area contributed by atoms with Gasteiger partial charge in [-0.2, -0.15) is 0 Å². The maximum atomic E-state index is 12.4. The van der Waals surface area contributed by atoms with E-state index in [2.05, 4.69) is 67.2 Å². The first kappa shape index (κ1) is 19.5. The molecule has 2 aromatic rings. The molecule has 0 bridgehead atoms. The number of para-hydroxylation sites is 1. The number of amides is 1. The highest BCUT2D eigenvalue weighted by atomic mass is 32.2. The summed E-state index contributed by atoms with van der Waals surface area (Å²) in [6.07, 6.45) is 4.26. The summed E-state index contributed by atoms with van der Waals surface area (Å²) in [6.45, 7) is 9.77. The number of fused-ring (bicyclic) bond motifs is 1. The third-order valence-corrected chi connectivity index (χ3v) is 6.16. The fraction of sp³-hybridized carbons (Fsp3) is 0.250. The van der Waals surface area contributed by atoms with Gasteiger partial charge in [0, 0.05) is 17.8 Å². The number of hydrogen-bond acceptors (Lipinski definition) is 4. The van der Waals surface area contributed by atoms with Gasteiger partial charge in [-0.3, -0.25) is 4.79 Å². The molecule has 1 amide bonds. The van der Waals surface area contributed by atoms with Crippen molar-refractivity contribution in [1.82, 2.24) is 5.32 Å². The average Bonchev–Trinajstić information content (AvgIpc) is 3.01. The second kappa shape index (κ2) is 7.56. The molecule has 4 rings (SSSR count). The molecule has 148 valence electrons. The number of allylic oxidation sites excluding steroid dienone is 1. The molecule has 0 atom stereocenters. The zero-order valence-corrected chi connectivity index (χ0v) is 18.0. The van der Waals surface area contributed by atoms with Gasteiger partial charge in [-0.25, -0.2) is 4.99 Å². The van der Waals surface area contributed by atoms with Gasteiger partial charge in [0.15, 0.2) is 5.17 Å². The number of benzene rings is 2. The lowest BCUT2D eigenvalue weighted by molar-refractivity contribution is -0.115. The minimum absolute atomic E-state index is 0.00416. The van der Waals surface area contributed by atoms with Crippen LogP contribution in [0.3, 0.4) is 0 Å². The van der Waals surface area contributed by atoms with Crippen LogP contribution in [0.1, 0.15) is 38.8 Å². The molecule has 0 unspecified atom stereocenters. The van der Waals surface area contributed by atoms with E-state index in [4.69, 9.17) is 0 Å². The van der Waals surface area contributed by atoms with Gasteiger partial charge >= 0.3 is 0 Å². The van der Waals surface area contributed by atoms with E-state index in [1.165, 1.54) is 28.6 Å². The maximum absolute atomic E-state index is 12.4. The highest BCUT2D eigenvalue weighted by Gasteiger charge is 2.30. The van der Waals surface area contributed by atoms with Crippen LogP contribution in [0, 0.1) is 0 Å². The standard InChI is InChI=1S/C24H25N3OS/c1-5-27-20-12-11-17(13-19(20)16(2)15-24(27,3)4)14-21-22(28)26-23(29-21)25-18-9-7-6-8-10-18/h6-15H,5H2,1-4H3,(H,25,26,28)/b21-14-. The monoisotopic (exact) mass is 403 g/mol. The van der Waals surface area contributed by atoms with Crippen LogP contribution >= 0.6 is 11.8 Å². The number of amidine groups is 1. The molecule has 0 spiro atoms. The van der Waals surface area contributed by atoms with Crippen LogP contribution in [0.25, 0.3) is 11.6 Å². The SMILES string of the molecule is CCN1c2ccc(/C=C3\SC(=Nc4ccccc4)NC3=O)cc2C(C)=CC1(C)C. The summed E-state index contributed by atoms with van der Waals surface area (Å²) < 4.78 is 0. The van der Waals surface area contributed by atoms with E-state index in [0.717, 1.165) is 17.8 Å². The second-order valence-corrected chi connectivity index (χ2v) is 8.85. The van der Waals surface area contributed by atoms with Crippen molar-refractivity contribution in [3.63, 3.8) is 0 Å². The molecule has 1 N–H and O–H groups in total. The Morgan fingerprint density at radius 3 is 2.66 bits per heavy atom. The number of aliphatic imine (C=N–C) groups is 1. The number of hydrogen-bond donors (Lipinski definition) is 1. The van der Waals surface area contributed by atoms with E-state index in [0.29, 0.717) is 10.1 Å². The van der Waals surface area contributed by atoms with Crippen molar-refractivity contribution >= 4 is 45.9 Å². The molecule has 2 aliphatic rings. The summed E-state index contributed by atoms with van der Waals surface area (Å²) in [6, 6.07) is 16.1. The van der Waals surface area contributed by atoms with E-state index in [9.17, 15) is 4.79 Å². The molecule has 0 aliphatic carbocycles. The molecule has 2 aromatic carbocycles. The van der Waals surface area contributed by atoms with E-state index in [1.54, 1.807) is 0 Å². The van der Waals surface area contributed by atoms with Crippen molar-refractivity contribution in [2.24, 2.45) is 4.99 Å². The van der Waals surface area contributed by atoms with Crippen LogP contribution in [-0.4, -0.2) is 23.2 Å². The molecule has 2 heterocycles. The Balaban J connectivity index is 1.64. The molecule has 0 saturated carbocycles. The molecule has 0 aromatic heterocycles. The van der Waals surface area contributed by atoms with Gasteiger partial charge in [-0.1, -0.05) is 30.3 Å². The van der Waals surface area contributed by atoms with E-state index < -0.39 is 0 Å². The van der Waals surface area contributed by atoms with Crippen LogP contribution in [0.2, 0.25) is 0 Å². The predicted octanol–water partition coefficient (Wildman–Crippen LogP) is 5.60. The van der Waals surface area contributed by atoms with Gasteiger partial charge in [0.25, 0.3) is 5.91 Å². The molecule has 1 saturated heterocycles. The van der Waals surface area contributed by atoms with Gasteiger partial charge < -0.3 is 10.2 Å². The van der Waals surface area contributed by atoms with Gasteiger partial charge in [0.2, 0.25) is 0 Å². The molecule has 0 radical (unpaired) electrons. The largest absolute Gasteiger partial charge is 0.363 e. The Morgan fingerprint density at radius 2 is 1.93 bits per heavy atom. The number of thioether (sulfide) groups is 1. The van der Waals surface area contributed by atoms with Crippen molar-refractivity contribution in [1.29, 1.82) is 0 Å². The smallest absolute Gasteiger partial charge is 0.264 e. The lowest BCUT2D eigenvalue weighted by atomic mass is 9.88. The average molecular weight is 404 g/mol. The fourth-order valence-electron chi connectivity index (χ4n) is 4.02. The van der Waals surface area contributed by atoms with Crippen LogP contribution in [0.5, 0.6) is 0 Å². The van der Waals surface area contributed by atoms with Gasteiger partial charge in [0.1, 0.15) is 0 Å². The second-order valence-electron chi connectivity index (χ2n) is 7.82. The van der Waals surface area contributed by atoms with Gasteiger partial charge in [-0.05, 0) is 80.9 Å². The Bertz CT molecular complexity index is 1050. The molecule has 2 aliphatic heterocycles. The summed E-state index contributed by atoms with van der Waals surface area (Å²) in [7, 11) is 0. The van der Waals surface area contributed by atoms with Crippen LogP contribution in [0.15, 0.2) is 64.5 Å². The molecule has 1 fully saturated rings. The summed E-state index contributed by atoms with van der Waals surface area (Å²) in [5.41, 5.74) is 5.58. The fourth-order valence-corrected chi connectivity index (χ4v) is 4.86. The minimum Gasteiger partial charge on any atom is -0.363 e. The van der Waals surface area contributed by atoms with Crippen LogP contribution in [-0.2, 0) is 4.79 Å². The third-order valence-electron chi connectivity index (χ3n) is 5.25. The normalized spacial score (nSPS) is 20.6. The lowest BCUT2D eigenvalue weighted by Gasteiger charge is -2.42. The summed E-state index contributed by atoms with van der Waals surface area (Å²) >= 11 is 1.38. The Kier molecular flexibility index (Phi) is 5.09. The Labute approximate surface area is 176 Å². The van der Waals surface area contributed by atoms with Crippen molar-refractivity contribution < 1.29 is 4.79 Å². The molecular formula is C24H25N3OS. The molecule has 5 heteroatoms. The van der Waals surface area contributed by atoms with Crippen molar-refractivity contribution in [3.8, 4) is 0 Å². The zero-order valence-electron chi connectivity index (χ0n) is 17.2. The zero-order chi connectivity index (χ0) is 20.6. The predicted molar refractivity (Wildman–Crippen MR) is 124 cm³/mol. The first-order valence-corrected chi connectivity index (χ1v) is 10.7. The van der Waals surface area contributed by atoms with Gasteiger partial charge in [-0.15, -0.1) is 0 Å². The first-order chi connectivity index (χ1) is 13.9. The lowest BCUT2D eigenvalue weighted by Crippen LogP contribution is -2.44. The van der Waals surface area contributed by atoms with Crippen molar-refractivity contribution in [2.45, 2.75) is 33.2 Å². The number of nitrogens with zero attached hydrogens (tertiary/aromatic N) is 2. The number of nitrogens with one attached hydrogen (secondary N) is 1. The number of rotatable bonds is 3. The van der Waals surface area contributed by atoms with Crippen molar-refractivity contribution in [2.75, 3.05) is 11.4 Å².